The van der Waals surface area contributed by atoms with Gasteiger partial charge >= 0.3 is 0 Å². The number of benzene rings is 1. The summed E-state index contributed by atoms with van der Waals surface area (Å²) in [6, 6.07) is 11.9. The fraction of sp³-hybridized carbons (Fsp3) is 0.333. The van der Waals surface area contributed by atoms with Crippen LogP contribution in [0.5, 0.6) is 0 Å². The van der Waals surface area contributed by atoms with Crippen molar-refractivity contribution in [1.29, 1.82) is 0 Å². The number of aromatic nitrogens is 4. The van der Waals surface area contributed by atoms with E-state index in [4.69, 9.17) is 21.6 Å². The third kappa shape index (κ3) is 3.98. The molecule has 0 amide bonds. The smallest absolute Gasteiger partial charge is 0.159 e. The van der Waals surface area contributed by atoms with Gasteiger partial charge < -0.3 is 0 Å². The van der Waals surface area contributed by atoms with Gasteiger partial charge in [-0.15, -0.1) is 22.0 Å². The molecule has 3 heterocycles. The lowest BCUT2D eigenvalue weighted by Gasteiger charge is -2.13. The molecule has 0 fully saturated rings. The Bertz CT molecular complexity index is 998. The van der Waals surface area contributed by atoms with E-state index < -0.39 is 0 Å². The molecule has 7 heteroatoms. The predicted molar refractivity (Wildman–Crippen MR) is 115 cm³/mol. The number of hydrogen-bond acceptors (Lipinski definition) is 5. The fourth-order valence-electron chi connectivity index (χ4n) is 3.25. The molecule has 0 atom stereocenters. The van der Waals surface area contributed by atoms with Gasteiger partial charge in [0.25, 0.3) is 0 Å². The van der Waals surface area contributed by atoms with Gasteiger partial charge in [0, 0.05) is 5.56 Å². The number of halogens is 1. The van der Waals surface area contributed by atoms with Crippen LogP contribution in [0.1, 0.15) is 49.7 Å². The zero-order valence-electron chi connectivity index (χ0n) is 15.8. The van der Waals surface area contributed by atoms with Gasteiger partial charge in [0.2, 0.25) is 0 Å². The molecule has 0 radical (unpaired) electrons. The number of unbranched alkanes of at least 4 members (excludes halogenated alkanes) is 3. The third-order valence-corrected chi connectivity index (χ3v) is 6.05. The first kappa shape index (κ1) is 19.2. The summed E-state index contributed by atoms with van der Waals surface area (Å²) in [6.07, 6.45) is 6.74. The van der Waals surface area contributed by atoms with Crippen LogP contribution in [0.2, 0.25) is 5.02 Å². The highest BCUT2D eigenvalue weighted by Crippen LogP contribution is 2.28. The molecule has 1 aromatic carbocycles. The molecule has 1 aliphatic heterocycles. The number of pyridine rings is 1. The molecule has 0 aliphatic carbocycles. The Labute approximate surface area is 174 Å². The zero-order valence-corrected chi connectivity index (χ0v) is 17.4. The third-order valence-electron chi connectivity index (χ3n) is 4.71. The molecule has 144 valence electrons. The minimum absolute atomic E-state index is 0.441. The van der Waals surface area contributed by atoms with Crippen molar-refractivity contribution in [3.05, 3.63) is 64.8 Å². The van der Waals surface area contributed by atoms with E-state index in [1.54, 1.807) is 18.1 Å². The monoisotopic (exact) mass is 411 g/mol. The van der Waals surface area contributed by atoms with Crippen molar-refractivity contribution in [3.8, 4) is 5.69 Å². The van der Waals surface area contributed by atoms with Crippen molar-refractivity contribution in [2.45, 2.75) is 44.2 Å². The lowest BCUT2D eigenvalue weighted by atomic mass is 10.1. The molecule has 0 unspecified atom stereocenters. The standard InChI is InChI=1S/C21H22ClN5S/c1-2-3-4-7-12-28-19-11-10-17-21(25-19)20(15-8-5-6-9-16(15)22)23-13-18-26-24-14-27(17)18/h5-6,8-11,14H,2-4,7,12-13H2,1H3. The Morgan fingerprint density at radius 1 is 1.11 bits per heavy atom. The molecular weight excluding hydrogens is 390 g/mol. The van der Waals surface area contributed by atoms with Gasteiger partial charge in [0.05, 0.1) is 21.4 Å². The number of rotatable bonds is 7. The Morgan fingerprint density at radius 3 is 2.86 bits per heavy atom. The Balaban J connectivity index is 1.71. The molecule has 5 nitrogen and oxygen atoms in total. The number of nitrogens with zero attached hydrogens (tertiary/aromatic N) is 5. The summed E-state index contributed by atoms with van der Waals surface area (Å²) in [5.41, 5.74) is 3.46. The second-order valence-corrected chi connectivity index (χ2v) is 8.21. The van der Waals surface area contributed by atoms with E-state index in [1.807, 2.05) is 28.8 Å². The topological polar surface area (TPSA) is 56.0 Å². The molecule has 0 saturated heterocycles. The van der Waals surface area contributed by atoms with Crippen LogP contribution >= 0.6 is 23.4 Å². The van der Waals surface area contributed by atoms with Gasteiger partial charge in [0.1, 0.15) is 18.6 Å². The SMILES string of the molecule is CCCCCCSc1ccc2c(n1)C(c1ccccc1Cl)=NCc1nncn1-2. The number of thioether (sulfide) groups is 1. The average Bonchev–Trinajstić information content (AvgIpc) is 3.12. The van der Waals surface area contributed by atoms with Crippen LogP contribution in [0.3, 0.4) is 0 Å². The van der Waals surface area contributed by atoms with E-state index in [1.165, 1.54) is 25.7 Å². The van der Waals surface area contributed by atoms with E-state index in [0.717, 1.165) is 39.3 Å². The van der Waals surface area contributed by atoms with Crippen molar-refractivity contribution in [3.63, 3.8) is 0 Å². The van der Waals surface area contributed by atoms with Crippen LogP contribution in [0, 0.1) is 0 Å². The van der Waals surface area contributed by atoms with Crippen LogP contribution in [0.15, 0.2) is 52.7 Å². The van der Waals surface area contributed by atoms with Crippen molar-refractivity contribution in [2.24, 2.45) is 4.99 Å². The normalized spacial score (nSPS) is 12.9. The minimum atomic E-state index is 0.441. The maximum atomic E-state index is 6.49. The zero-order chi connectivity index (χ0) is 19.3. The van der Waals surface area contributed by atoms with Gasteiger partial charge in [-0.25, -0.2) is 4.98 Å². The first-order chi connectivity index (χ1) is 13.8. The predicted octanol–water partition coefficient (Wildman–Crippen LogP) is 5.34. The van der Waals surface area contributed by atoms with Gasteiger partial charge in [0.15, 0.2) is 5.82 Å². The van der Waals surface area contributed by atoms with Gasteiger partial charge in [-0.1, -0.05) is 56.0 Å². The molecule has 3 aromatic rings. The second-order valence-electron chi connectivity index (χ2n) is 6.69. The summed E-state index contributed by atoms with van der Waals surface area (Å²) >= 11 is 8.28. The summed E-state index contributed by atoms with van der Waals surface area (Å²) in [6.45, 7) is 2.67. The Hall–Kier alpha value is -2.18. The lowest BCUT2D eigenvalue weighted by molar-refractivity contribution is 0.706. The molecule has 28 heavy (non-hydrogen) atoms. The first-order valence-corrected chi connectivity index (χ1v) is 11.0. The summed E-state index contributed by atoms with van der Waals surface area (Å²) in [5, 5.41) is 9.93. The highest BCUT2D eigenvalue weighted by Gasteiger charge is 2.22. The highest BCUT2D eigenvalue weighted by atomic mass is 35.5. The Kier molecular flexibility index (Phi) is 6.07. The van der Waals surface area contributed by atoms with Crippen molar-refractivity contribution in [2.75, 3.05) is 5.75 Å². The molecule has 0 bridgehead atoms. The van der Waals surface area contributed by atoms with Crippen molar-refractivity contribution >= 4 is 29.1 Å². The van der Waals surface area contributed by atoms with E-state index >= 15 is 0 Å². The lowest BCUT2D eigenvalue weighted by Crippen LogP contribution is -2.10. The van der Waals surface area contributed by atoms with Gasteiger partial charge in [-0.3, -0.25) is 9.56 Å². The van der Waals surface area contributed by atoms with Crippen LogP contribution in [-0.4, -0.2) is 31.2 Å². The molecule has 0 spiro atoms. The van der Waals surface area contributed by atoms with Crippen LogP contribution < -0.4 is 0 Å². The quantitative estimate of drug-likeness (QED) is 0.389. The summed E-state index contributed by atoms with van der Waals surface area (Å²) in [4.78, 5) is 9.77. The van der Waals surface area contributed by atoms with E-state index in [2.05, 4.69) is 29.3 Å². The average molecular weight is 412 g/mol. The molecule has 0 saturated carbocycles. The van der Waals surface area contributed by atoms with Crippen molar-refractivity contribution in [1.82, 2.24) is 19.7 Å². The minimum Gasteiger partial charge on any atom is -0.282 e. The van der Waals surface area contributed by atoms with Gasteiger partial charge in [-0.05, 0) is 30.4 Å². The molecule has 1 aliphatic rings. The molecule has 2 aromatic heterocycles. The van der Waals surface area contributed by atoms with Crippen molar-refractivity contribution < 1.29 is 0 Å². The Morgan fingerprint density at radius 2 is 2.00 bits per heavy atom. The van der Waals surface area contributed by atoms with Crippen LogP contribution in [-0.2, 0) is 6.54 Å². The summed E-state index contributed by atoms with van der Waals surface area (Å²) < 4.78 is 1.96. The van der Waals surface area contributed by atoms with E-state index in [0.29, 0.717) is 11.6 Å². The second kappa shape index (κ2) is 8.88. The van der Waals surface area contributed by atoms with Gasteiger partial charge in [-0.2, -0.15) is 0 Å². The fourth-order valence-corrected chi connectivity index (χ4v) is 4.35. The molecule has 0 N–H and O–H groups in total. The van der Waals surface area contributed by atoms with Crippen LogP contribution in [0.4, 0.5) is 0 Å². The molecular formula is C21H22ClN5S. The maximum absolute atomic E-state index is 6.49. The largest absolute Gasteiger partial charge is 0.282 e. The number of hydrogen-bond donors (Lipinski definition) is 0. The van der Waals surface area contributed by atoms with E-state index in [9.17, 15) is 0 Å². The number of fused-ring (bicyclic) bond motifs is 3. The van der Waals surface area contributed by atoms with Crippen LogP contribution in [0.25, 0.3) is 5.69 Å². The maximum Gasteiger partial charge on any atom is 0.159 e. The van der Waals surface area contributed by atoms with E-state index in [-0.39, 0.29) is 0 Å². The summed E-state index contributed by atoms with van der Waals surface area (Å²) in [5.74, 6) is 1.87. The number of aliphatic imine (C=N–C) groups is 1. The first-order valence-electron chi connectivity index (χ1n) is 9.60. The molecule has 4 rings (SSSR count). The summed E-state index contributed by atoms with van der Waals surface area (Å²) in [7, 11) is 0. The highest BCUT2D eigenvalue weighted by molar-refractivity contribution is 7.99.